The Morgan fingerprint density at radius 1 is 1.38 bits per heavy atom. The summed E-state index contributed by atoms with van der Waals surface area (Å²) in [5.74, 6) is -0.527. The number of hydrogen-bond donors (Lipinski definition) is 2. The van der Waals surface area contributed by atoms with Gasteiger partial charge in [-0.05, 0) is 12.8 Å². The number of nitrogens with zero attached hydrogens (tertiary/aromatic N) is 1. The number of aliphatic imine (C=N–C) groups is 1. The lowest BCUT2D eigenvalue weighted by Gasteiger charge is -2.18. The van der Waals surface area contributed by atoms with Crippen LogP contribution in [0.1, 0.15) is 45.4 Å². The number of carbonyl (C=O) groups excluding carboxylic acids is 2. The lowest BCUT2D eigenvalue weighted by molar-refractivity contribution is -0.140. The largest absolute Gasteiger partial charge is 0.511 e. The number of ketones is 1. The van der Waals surface area contributed by atoms with E-state index in [1.54, 1.807) is 0 Å². The first-order valence-electron chi connectivity index (χ1n) is 7.23. The standard InChI is InChI=1S/C15H23NO5/c1-3-10(9-17)16-11(7-8-14(20)21-2)15-12(18)5-4-6-13(15)19/h10,17-18H,3-9H2,1-2H3. The van der Waals surface area contributed by atoms with Gasteiger partial charge in [0.25, 0.3) is 0 Å². The molecule has 6 heteroatoms. The minimum Gasteiger partial charge on any atom is -0.511 e. The second kappa shape index (κ2) is 8.56. The summed E-state index contributed by atoms with van der Waals surface area (Å²) < 4.78 is 4.59. The minimum atomic E-state index is -0.400. The van der Waals surface area contributed by atoms with Crippen LogP contribution in [-0.2, 0) is 14.3 Å². The van der Waals surface area contributed by atoms with Crippen LogP contribution in [0.3, 0.4) is 0 Å². The summed E-state index contributed by atoms with van der Waals surface area (Å²) >= 11 is 0. The molecule has 0 heterocycles. The Balaban J connectivity index is 3.05. The maximum absolute atomic E-state index is 12.0. The third-order valence-electron chi connectivity index (χ3n) is 3.49. The molecule has 2 N–H and O–H groups in total. The summed E-state index contributed by atoms with van der Waals surface area (Å²) in [5, 5.41) is 19.3. The summed E-state index contributed by atoms with van der Waals surface area (Å²) in [6.45, 7) is 1.74. The highest BCUT2D eigenvalue weighted by molar-refractivity contribution is 6.23. The van der Waals surface area contributed by atoms with Gasteiger partial charge in [-0.15, -0.1) is 0 Å². The average molecular weight is 297 g/mol. The van der Waals surface area contributed by atoms with E-state index in [9.17, 15) is 19.8 Å². The van der Waals surface area contributed by atoms with Crippen molar-refractivity contribution in [3.8, 4) is 0 Å². The third kappa shape index (κ3) is 4.97. The van der Waals surface area contributed by atoms with Crippen LogP contribution in [0.2, 0.25) is 0 Å². The molecule has 21 heavy (non-hydrogen) atoms. The number of carbonyl (C=O) groups is 2. The van der Waals surface area contributed by atoms with Crippen LogP contribution in [0.5, 0.6) is 0 Å². The van der Waals surface area contributed by atoms with Crippen LogP contribution in [0.15, 0.2) is 16.3 Å². The lowest BCUT2D eigenvalue weighted by atomic mass is 9.90. The molecule has 0 aromatic heterocycles. The summed E-state index contributed by atoms with van der Waals surface area (Å²) in [7, 11) is 1.30. The molecule has 0 aromatic carbocycles. The molecule has 0 bridgehead atoms. The van der Waals surface area contributed by atoms with Gasteiger partial charge in [-0.2, -0.15) is 0 Å². The van der Waals surface area contributed by atoms with Gasteiger partial charge in [-0.3, -0.25) is 14.6 Å². The van der Waals surface area contributed by atoms with Gasteiger partial charge in [0.2, 0.25) is 0 Å². The Morgan fingerprint density at radius 3 is 2.62 bits per heavy atom. The fraction of sp³-hybridized carbons (Fsp3) is 0.667. The molecule has 0 spiro atoms. The Hall–Kier alpha value is -1.69. The number of methoxy groups -OCH3 is 1. The molecule has 1 unspecified atom stereocenters. The van der Waals surface area contributed by atoms with Crippen molar-refractivity contribution in [2.75, 3.05) is 13.7 Å². The molecule has 0 amide bonds. The predicted molar refractivity (Wildman–Crippen MR) is 78.4 cm³/mol. The fourth-order valence-corrected chi connectivity index (χ4v) is 2.21. The molecule has 0 radical (unpaired) electrons. The third-order valence-corrected chi connectivity index (χ3v) is 3.49. The number of hydrogen-bond acceptors (Lipinski definition) is 6. The topological polar surface area (TPSA) is 96.2 Å². The van der Waals surface area contributed by atoms with E-state index in [1.807, 2.05) is 6.92 Å². The van der Waals surface area contributed by atoms with Gasteiger partial charge in [-0.25, -0.2) is 0 Å². The number of Topliss-reactive ketones (excluding diaryl/α,β-unsaturated/α-hetero) is 1. The van der Waals surface area contributed by atoms with Gasteiger partial charge in [0, 0.05) is 25.0 Å². The van der Waals surface area contributed by atoms with E-state index in [2.05, 4.69) is 9.73 Å². The lowest BCUT2D eigenvalue weighted by Crippen LogP contribution is -2.23. The van der Waals surface area contributed by atoms with Gasteiger partial charge in [-0.1, -0.05) is 6.92 Å². The van der Waals surface area contributed by atoms with E-state index in [1.165, 1.54) is 7.11 Å². The van der Waals surface area contributed by atoms with E-state index in [-0.39, 0.29) is 42.6 Å². The van der Waals surface area contributed by atoms with Gasteiger partial charge < -0.3 is 14.9 Å². The molecule has 118 valence electrons. The average Bonchev–Trinajstić information content (AvgIpc) is 2.48. The van der Waals surface area contributed by atoms with Gasteiger partial charge in [0.05, 0.1) is 31.8 Å². The quantitative estimate of drug-likeness (QED) is 0.551. The van der Waals surface area contributed by atoms with E-state index >= 15 is 0 Å². The molecule has 0 saturated heterocycles. The number of esters is 1. The van der Waals surface area contributed by atoms with Crippen molar-refractivity contribution in [3.63, 3.8) is 0 Å². The zero-order chi connectivity index (χ0) is 15.8. The Bertz CT molecular complexity index is 449. The van der Waals surface area contributed by atoms with Crippen LogP contribution >= 0.6 is 0 Å². The predicted octanol–water partition coefficient (Wildman–Crippen LogP) is 1.72. The number of aliphatic hydroxyl groups is 2. The molecule has 0 fully saturated rings. The minimum absolute atomic E-state index is 0.0302. The molecule has 1 atom stereocenters. The van der Waals surface area contributed by atoms with Crippen molar-refractivity contribution in [2.24, 2.45) is 4.99 Å². The molecule has 0 aliphatic heterocycles. The fourth-order valence-electron chi connectivity index (χ4n) is 2.21. The van der Waals surface area contributed by atoms with Gasteiger partial charge in [0.1, 0.15) is 5.76 Å². The Kier molecular flexibility index (Phi) is 7.08. The van der Waals surface area contributed by atoms with E-state index in [0.29, 0.717) is 31.4 Å². The molecular formula is C15H23NO5. The molecule has 0 saturated carbocycles. The number of allylic oxidation sites excluding steroid dienone is 2. The van der Waals surface area contributed by atoms with E-state index in [0.717, 1.165) is 0 Å². The van der Waals surface area contributed by atoms with Crippen LogP contribution in [0.25, 0.3) is 0 Å². The van der Waals surface area contributed by atoms with Crippen LogP contribution < -0.4 is 0 Å². The smallest absolute Gasteiger partial charge is 0.305 e. The molecule has 1 rings (SSSR count). The maximum atomic E-state index is 12.0. The monoisotopic (exact) mass is 297 g/mol. The Labute approximate surface area is 124 Å². The zero-order valence-electron chi connectivity index (χ0n) is 12.6. The first kappa shape index (κ1) is 17.4. The maximum Gasteiger partial charge on any atom is 0.305 e. The molecule has 1 aliphatic rings. The van der Waals surface area contributed by atoms with E-state index in [4.69, 9.17) is 0 Å². The zero-order valence-corrected chi connectivity index (χ0v) is 12.6. The van der Waals surface area contributed by atoms with E-state index < -0.39 is 5.97 Å². The highest BCUT2D eigenvalue weighted by atomic mass is 16.5. The van der Waals surface area contributed by atoms with Crippen LogP contribution in [-0.4, -0.2) is 47.4 Å². The summed E-state index contributed by atoms with van der Waals surface area (Å²) in [6.07, 6.45) is 2.34. The highest BCUT2D eigenvalue weighted by Crippen LogP contribution is 2.23. The normalized spacial score (nSPS) is 17.9. The highest BCUT2D eigenvalue weighted by Gasteiger charge is 2.25. The SMILES string of the molecule is CCC(CO)N=C(CCC(=O)OC)C1=C(O)CCCC1=O. The second-order valence-electron chi connectivity index (χ2n) is 4.99. The summed E-state index contributed by atoms with van der Waals surface area (Å²) in [6, 6.07) is -0.340. The summed E-state index contributed by atoms with van der Waals surface area (Å²) in [5.41, 5.74) is 0.612. The summed E-state index contributed by atoms with van der Waals surface area (Å²) in [4.78, 5) is 27.7. The van der Waals surface area contributed by atoms with Crippen LogP contribution in [0, 0.1) is 0 Å². The molecule has 1 aliphatic carbocycles. The van der Waals surface area contributed by atoms with Crippen molar-refractivity contribution >= 4 is 17.5 Å². The van der Waals surface area contributed by atoms with Crippen molar-refractivity contribution in [1.82, 2.24) is 0 Å². The Morgan fingerprint density at radius 2 is 2.10 bits per heavy atom. The van der Waals surface area contributed by atoms with Crippen molar-refractivity contribution in [1.29, 1.82) is 0 Å². The van der Waals surface area contributed by atoms with Crippen molar-refractivity contribution in [2.45, 2.75) is 51.5 Å². The van der Waals surface area contributed by atoms with Gasteiger partial charge in [0.15, 0.2) is 5.78 Å². The van der Waals surface area contributed by atoms with Crippen LogP contribution in [0.4, 0.5) is 0 Å². The molecule has 0 aromatic rings. The van der Waals surface area contributed by atoms with Gasteiger partial charge >= 0.3 is 5.97 Å². The second-order valence-corrected chi connectivity index (χ2v) is 4.99. The molecule has 6 nitrogen and oxygen atoms in total. The molecular weight excluding hydrogens is 274 g/mol. The number of aliphatic hydroxyl groups excluding tert-OH is 2. The first-order chi connectivity index (χ1) is 10.0. The van der Waals surface area contributed by atoms with Crippen molar-refractivity contribution in [3.05, 3.63) is 11.3 Å². The number of rotatable bonds is 7. The van der Waals surface area contributed by atoms with Crippen molar-refractivity contribution < 1.29 is 24.5 Å². The first-order valence-corrected chi connectivity index (χ1v) is 7.23. The number of ether oxygens (including phenoxy) is 1.